The van der Waals surface area contributed by atoms with Gasteiger partial charge in [-0.15, -0.1) is 0 Å². The number of unbranched alkanes of at least 4 members (excludes halogenated alkanes) is 1. The topological polar surface area (TPSA) is 0 Å². The number of hydrogen-bond acceptors (Lipinski definition) is 0. The lowest BCUT2D eigenvalue weighted by atomic mass is 10.1. The molecule has 0 spiro atoms. The highest BCUT2D eigenvalue weighted by atomic mass is 19.1. The van der Waals surface area contributed by atoms with Gasteiger partial charge in [-0.1, -0.05) is 19.9 Å². The number of rotatable bonds is 4. The molecule has 0 unspecified atom stereocenters. The molecule has 0 fully saturated rings. The van der Waals surface area contributed by atoms with Crippen LogP contribution in [0.5, 0.6) is 0 Å². The second-order valence-electron chi connectivity index (χ2n) is 1.99. The van der Waals surface area contributed by atoms with Crippen molar-refractivity contribution in [1.82, 2.24) is 0 Å². The lowest BCUT2D eigenvalue weighted by molar-refractivity contribution is 0.528. The molecular weight excluding hydrogens is 103 g/mol. The van der Waals surface area contributed by atoms with Gasteiger partial charge in [0.2, 0.25) is 0 Å². The van der Waals surface area contributed by atoms with Crippen molar-refractivity contribution in [2.75, 3.05) is 6.67 Å². The molecule has 0 aromatic rings. The second-order valence-corrected chi connectivity index (χ2v) is 1.99. The van der Waals surface area contributed by atoms with Crippen LogP contribution in [0.2, 0.25) is 0 Å². The van der Waals surface area contributed by atoms with Gasteiger partial charge >= 0.3 is 0 Å². The van der Waals surface area contributed by atoms with Crippen LogP contribution in [0, 0.1) is 0 Å². The zero-order chi connectivity index (χ0) is 6.41. The Balaban J connectivity index is 2.99. The fourth-order valence-electron chi connectivity index (χ4n) is 0.494. The fraction of sp³-hybridized carbons (Fsp3) is 0.714. The summed E-state index contributed by atoms with van der Waals surface area (Å²) in [6.45, 7) is 5.28. The number of alkyl halides is 1. The van der Waals surface area contributed by atoms with Gasteiger partial charge in [-0.05, 0) is 18.4 Å². The number of halogens is 1. The average Bonchev–Trinajstić information content (AvgIpc) is 1.83. The van der Waals surface area contributed by atoms with E-state index in [1.165, 1.54) is 0 Å². The first-order valence-corrected chi connectivity index (χ1v) is 3.04. The third-order valence-electron chi connectivity index (χ3n) is 1.07. The van der Waals surface area contributed by atoms with E-state index in [9.17, 15) is 4.39 Å². The molecular formula is C7H13F. The molecule has 0 aliphatic carbocycles. The van der Waals surface area contributed by atoms with Crippen molar-refractivity contribution in [2.45, 2.75) is 26.2 Å². The van der Waals surface area contributed by atoms with E-state index in [-0.39, 0.29) is 6.67 Å². The van der Waals surface area contributed by atoms with Gasteiger partial charge in [0, 0.05) is 0 Å². The molecule has 0 rings (SSSR count). The molecule has 0 aromatic heterocycles. The smallest absolute Gasteiger partial charge is 0.110 e. The van der Waals surface area contributed by atoms with Gasteiger partial charge < -0.3 is 0 Å². The molecule has 0 heterocycles. The summed E-state index contributed by atoms with van der Waals surface area (Å²) < 4.78 is 11.6. The van der Waals surface area contributed by atoms with E-state index in [4.69, 9.17) is 0 Å². The van der Waals surface area contributed by atoms with Crippen molar-refractivity contribution >= 4 is 0 Å². The SMILES string of the molecule is C=C(CF)CCCC. The molecule has 0 aliphatic rings. The molecule has 48 valence electrons. The Morgan fingerprint density at radius 3 is 2.62 bits per heavy atom. The lowest BCUT2D eigenvalue weighted by Crippen LogP contribution is -1.81. The normalized spacial score (nSPS) is 9.25. The summed E-state index contributed by atoms with van der Waals surface area (Å²) in [7, 11) is 0. The van der Waals surface area contributed by atoms with Crippen LogP contribution in [0.25, 0.3) is 0 Å². The molecule has 0 amide bonds. The summed E-state index contributed by atoms with van der Waals surface area (Å²) in [6.07, 6.45) is 3.05. The third kappa shape index (κ3) is 3.85. The molecule has 8 heavy (non-hydrogen) atoms. The fourth-order valence-corrected chi connectivity index (χ4v) is 0.494. The van der Waals surface area contributed by atoms with Crippen LogP contribution in [0.15, 0.2) is 12.2 Å². The maximum atomic E-state index is 11.6. The highest BCUT2D eigenvalue weighted by molar-refractivity contribution is 4.92. The van der Waals surface area contributed by atoms with E-state index in [1.807, 2.05) is 0 Å². The highest BCUT2D eigenvalue weighted by Crippen LogP contribution is 2.03. The van der Waals surface area contributed by atoms with Gasteiger partial charge in [0.05, 0.1) is 0 Å². The van der Waals surface area contributed by atoms with Crippen LogP contribution < -0.4 is 0 Å². The van der Waals surface area contributed by atoms with Crippen molar-refractivity contribution in [3.05, 3.63) is 12.2 Å². The Bertz CT molecular complexity index is 66.8. The molecule has 0 aliphatic heterocycles. The molecule has 1 heteroatoms. The first kappa shape index (κ1) is 7.67. The van der Waals surface area contributed by atoms with Crippen LogP contribution in [-0.2, 0) is 0 Å². The largest absolute Gasteiger partial charge is 0.246 e. The monoisotopic (exact) mass is 116 g/mol. The van der Waals surface area contributed by atoms with Crippen molar-refractivity contribution in [3.8, 4) is 0 Å². The molecule has 0 saturated carbocycles. The Morgan fingerprint density at radius 2 is 2.25 bits per heavy atom. The summed E-state index contributed by atoms with van der Waals surface area (Å²) in [5.41, 5.74) is 0.729. The molecule has 0 bridgehead atoms. The van der Waals surface area contributed by atoms with Crippen LogP contribution in [0.1, 0.15) is 26.2 Å². The second kappa shape index (κ2) is 4.82. The summed E-state index contributed by atoms with van der Waals surface area (Å²) in [5, 5.41) is 0. The predicted molar refractivity (Wildman–Crippen MR) is 34.6 cm³/mol. The summed E-state index contributed by atoms with van der Waals surface area (Å²) in [4.78, 5) is 0. The summed E-state index contributed by atoms with van der Waals surface area (Å²) >= 11 is 0. The highest BCUT2D eigenvalue weighted by Gasteiger charge is 1.89. The maximum absolute atomic E-state index is 11.6. The van der Waals surface area contributed by atoms with E-state index >= 15 is 0 Å². The minimum atomic E-state index is -0.347. The van der Waals surface area contributed by atoms with Crippen LogP contribution >= 0.6 is 0 Å². The van der Waals surface area contributed by atoms with Gasteiger partial charge in [-0.25, -0.2) is 4.39 Å². The van der Waals surface area contributed by atoms with Gasteiger partial charge in [-0.3, -0.25) is 0 Å². The number of allylic oxidation sites excluding steroid dienone is 1. The van der Waals surface area contributed by atoms with Gasteiger partial charge in [0.25, 0.3) is 0 Å². The molecule has 0 N–H and O–H groups in total. The minimum Gasteiger partial charge on any atom is -0.246 e. The molecule has 0 radical (unpaired) electrons. The first-order valence-electron chi connectivity index (χ1n) is 3.04. The zero-order valence-electron chi connectivity index (χ0n) is 5.41. The van der Waals surface area contributed by atoms with Gasteiger partial charge in [0.15, 0.2) is 0 Å². The first-order chi connectivity index (χ1) is 3.81. The van der Waals surface area contributed by atoms with E-state index in [0.717, 1.165) is 24.8 Å². The van der Waals surface area contributed by atoms with Crippen molar-refractivity contribution < 1.29 is 4.39 Å². The van der Waals surface area contributed by atoms with Gasteiger partial charge in [-0.2, -0.15) is 0 Å². The molecule has 0 atom stereocenters. The van der Waals surface area contributed by atoms with Crippen LogP contribution in [0.4, 0.5) is 4.39 Å². The van der Waals surface area contributed by atoms with Gasteiger partial charge in [0.1, 0.15) is 6.67 Å². The Kier molecular flexibility index (Phi) is 4.62. The minimum absolute atomic E-state index is 0.347. The van der Waals surface area contributed by atoms with Crippen molar-refractivity contribution in [2.24, 2.45) is 0 Å². The predicted octanol–water partition coefficient (Wildman–Crippen LogP) is 2.70. The van der Waals surface area contributed by atoms with Crippen LogP contribution in [-0.4, -0.2) is 6.67 Å². The molecule has 0 saturated heterocycles. The lowest BCUT2D eigenvalue weighted by Gasteiger charge is -1.95. The molecule has 0 aromatic carbocycles. The Morgan fingerprint density at radius 1 is 1.62 bits per heavy atom. The van der Waals surface area contributed by atoms with Crippen molar-refractivity contribution in [3.63, 3.8) is 0 Å². The van der Waals surface area contributed by atoms with E-state index in [0.29, 0.717) is 0 Å². The summed E-state index contributed by atoms with van der Waals surface area (Å²) in [6, 6.07) is 0. The van der Waals surface area contributed by atoms with E-state index < -0.39 is 0 Å². The average molecular weight is 116 g/mol. The maximum Gasteiger partial charge on any atom is 0.110 e. The Labute approximate surface area is 50.4 Å². The van der Waals surface area contributed by atoms with E-state index in [1.54, 1.807) is 0 Å². The third-order valence-corrected chi connectivity index (χ3v) is 1.07. The van der Waals surface area contributed by atoms with E-state index in [2.05, 4.69) is 13.5 Å². The Hall–Kier alpha value is -0.330. The number of hydrogen-bond donors (Lipinski definition) is 0. The van der Waals surface area contributed by atoms with Crippen molar-refractivity contribution in [1.29, 1.82) is 0 Å². The quantitative estimate of drug-likeness (QED) is 0.495. The van der Waals surface area contributed by atoms with Crippen LogP contribution in [0.3, 0.4) is 0 Å². The standard InChI is InChI=1S/C7H13F/c1-3-4-5-7(2)6-8/h2-6H2,1H3. The zero-order valence-corrected chi connectivity index (χ0v) is 5.41. The summed E-state index contributed by atoms with van der Waals surface area (Å²) in [5.74, 6) is 0. The molecule has 0 nitrogen and oxygen atoms in total.